The molecule has 238 valence electrons. The molecular weight excluding hydrogens is 619 g/mol. The van der Waals surface area contributed by atoms with Crippen LogP contribution in [0.2, 0.25) is 10.0 Å². The van der Waals surface area contributed by atoms with Gasteiger partial charge >= 0.3 is 11.9 Å². The minimum atomic E-state index is -1.37. The van der Waals surface area contributed by atoms with E-state index in [-0.39, 0.29) is 28.5 Å². The van der Waals surface area contributed by atoms with E-state index in [9.17, 15) is 19.2 Å². The third kappa shape index (κ3) is 8.61. The lowest BCUT2D eigenvalue weighted by molar-refractivity contribution is -0.157. The third-order valence-electron chi connectivity index (χ3n) is 7.38. The van der Waals surface area contributed by atoms with Gasteiger partial charge in [-0.05, 0) is 68.5 Å². The van der Waals surface area contributed by atoms with Crippen molar-refractivity contribution in [2.75, 3.05) is 6.61 Å². The summed E-state index contributed by atoms with van der Waals surface area (Å²) >= 11 is 12.2. The lowest BCUT2D eigenvalue weighted by atomic mass is 9.90. The van der Waals surface area contributed by atoms with Gasteiger partial charge in [0.15, 0.2) is 12.4 Å². The fourth-order valence-corrected chi connectivity index (χ4v) is 5.58. The molecule has 0 saturated carbocycles. The van der Waals surface area contributed by atoms with Gasteiger partial charge in [-0.1, -0.05) is 83.8 Å². The van der Waals surface area contributed by atoms with Crippen LogP contribution in [0.4, 0.5) is 0 Å². The predicted octanol–water partition coefficient (Wildman–Crippen LogP) is 6.65. The number of hydrogen-bond donors (Lipinski definition) is 1. The number of oxime groups is 1. The quantitative estimate of drug-likeness (QED) is 0.217. The number of ether oxygens (including phenoxy) is 2. The van der Waals surface area contributed by atoms with Crippen molar-refractivity contribution in [1.29, 1.82) is 0 Å². The average Bonchev–Trinajstić information content (AvgIpc) is 3.42. The monoisotopic (exact) mass is 654 g/mol. The molecular formula is C34H36Cl2N2O7. The van der Waals surface area contributed by atoms with Crippen molar-refractivity contribution in [1.82, 2.24) is 5.32 Å². The molecule has 11 heteroatoms. The van der Waals surface area contributed by atoms with Gasteiger partial charge in [0.25, 0.3) is 5.91 Å². The maximum Gasteiger partial charge on any atom is 0.341 e. The van der Waals surface area contributed by atoms with Crippen LogP contribution >= 0.6 is 23.2 Å². The van der Waals surface area contributed by atoms with Crippen LogP contribution in [0.3, 0.4) is 0 Å². The number of halogens is 2. The van der Waals surface area contributed by atoms with Crippen LogP contribution < -0.4 is 5.32 Å². The fraction of sp³-hybridized carbons (Fsp3) is 0.382. The Morgan fingerprint density at radius 2 is 1.64 bits per heavy atom. The van der Waals surface area contributed by atoms with E-state index in [1.807, 2.05) is 18.2 Å². The van der Waals surface area contributed by atoms with Gasteiger partial charge in [-0.15, -0.1) is 0 Å². The summed E-state index contributed by atoms with van der Waals surface area (Å²) in [6.45, 7) is 6.09. The Morgan fingerprint density at radius 3 is 2.33 bits per heavy atom. The molecule has 1 amide bonds. The van der Waals surface area contributed by atoms with Crippen LogP contribution in [0.25, 0.3) is 10.8 Å². The van der Waals surface area contributed by atoms with E-state index < -0.39 is 53.9 Å². The first kappa shape index (κ1) is 33.9. The van der Waals surface area contributed by atoms with Crippen LogP contribution in [-0.2, 0) is 35.1 Å². The number of fused-ring (bicyclic) bond motifs is 1. The Kier molecular flexibility index (Phi) is 10.9. The number of aryl methyl sites for hydroxylation is 1. The number of Topliss-reactive ketones (excluding diaryl/α,β-unsaturated/α-hetero) is 1. The van der Waals surface area contributed by atoms with Crippen molar-refractivity contribution < 1.29 is 33.5 Å². The molecule has 1 aliphatic heterocycles. The van der Waals surface area contributed by atoms with Crippen molar-refractivity contribution in [3.8, 4) is 0 Å². The van der Waals surface area contributed by atoms with Gasteiger partial charge in [-0.25, -0.2) is 4.79 Å². The van der Waals surface area contributed by atoms with Crippen LogP contribution in [0.1, 0.15) is 69.3 Å². The molecule has 1 heterocycles. The highest BCUT2D eigenvalue weighted by molar-refractivity contribution is 6.39. The number of benzene rings is 3. The second kappa shape index (κ2) is 14.4. The topological polar surface area (TPSA) is 120 Å². The van der Waals surface area contributed by atoms with Gasteiger partial charge in [0.05, 0.1) is 27.7 Å². The number of rotatable bonds is 12. The van der Waals surface area contributed by atoms with Crippen LogP contribution in [0.15, 0.2) is 65.8 Å². The lowest BCUT2D eigenvalue weighted by Gasteiger charge is -2.27. The Bertz CT molecular complexity index is 1610. The molecule has 1 aliphatic rings. The maximum absolute atomic E-state index is 13.7. The highest BCUT2D eigenvalue weighted by atomic mass is 35.5. The smallest absolute Gasteiger partial charge is 0.341 e. The zero-order valence-electron chi connectivity index (χ0n) is 25.7. The summed E-state index contributed by atoms with van der Waals surface area (Å²) in [4.78, 5) is 58.1. The van der Waals surface area contributed by atoms with Crippen LogP contribution in [-0.4, -0.2) is 53.2 Å². The molecule has 0 spiro atoms. The standard InChI is InChI=1S/C34H36Cl2N2O7/c1-5-34(19-23(38-45-34)17-16-22-12-8-11-21-10-6-7-13-24(21)22)32(42)37-27(18-29(40)44-33(2,3)4)28(39)20-43-31(41)30-25(35)14-9-15-26(30)36/h6-15,27H,5,16-20H2,1-4H3,(H,37,42). The summed E-state index contributed by atoms with van der Waals surface area (Å²) in [7, 11) is 0. The second-order valence-electron chi connectivity index (χ2n) is 11.9. The van der Waals surface area contributed by atoms with E-state index in [0.717, 1.165) is 16.3 Å². The number of hydrogen-bond acceptors (Lipinski definition) is 8. The van der Waals surface area contributed by atoms with Gasteiger partial charge in [-0.2, -0.15) is 0 Å². The van der Waals surface area contributed by atoms with Gasteiger partial charge < -0.3 is 19.6 Å². The minimum absolute atomic E-state index is 0.0538. The molecule has 0 bridgehead atoms. The summed E-state index contributed by atoms with van der Waals surface area (Å²) in [6, 6.07) is 17.4. The van der Waals surface area contributed by atoms with Crippen molar-refractivity contribution in [3.63, 3.8) is 0 Å². The van der Waals surface area contributed by atoms with E-state index in [1.54, 1.807) is 33.8 Å². The van der Waals surface area contributed by atoms with E-state index in [2.05, 4.69) is 34.7 Å². The number of nitrogens with one attached hydrogen (secondary N) is 1. The molecule has 4 rings (SSSR count). The molecule has 45 heavy (non-hydrogen) atoms. The summed E-state index contributed by atoms with van der Waals surface area (Å²) < 4.78 is 10.6. The highest BCUT2D eigenvalue weighted by Crippen LogP contribution is 2.31. The Labute approximate surface area is 272 Å². The molecule has 0 saturated heterocycles. The summed E-state index contributed by atoms with van der Waals surface area (Å²) in [5.41, 5.74) is -0.430. The van der Waals surface area contributed by atoms with Gasteiger partial charge in [0.1, 0.15) is 11.6 Å². The highest BCUT2D eigenvalue weighted by Gasteiger charge is 2.46. The van der Waals surface area contributed by atoms with E-state index in [0.29, 0.717) is 18.6 Å². The lowest BCUT2D eigenvalue weighted by Crippen LogP contribution is -2.53. The zero-order valence-corrected chi connectivity index (χ0v) is 27.2. The van der Waals surface area contributed by atoms with Crippen molar-refractivity contribution >= 4 is 63.3 Å². The first-order chi connectivity index (χ1) is 21.3. The van der Waals surface area contributed by atoms with E-state index >= 15 is 0 Å². The number of esters is 2. The summed E-state index contributed by atoms with van der Waals surface area (Å²) in [5.74, 6) is -2.98. The van der Waals surface area contributed by atoms with Crippen molar-refractivity contribution in [2.45, 2.75) is 77.0 Å². The molecule has 3 aromatic rings. The molecule has 9 nitrogen and oxygen atoms in total. The van der Waals surface area contributed by atoms with Crippen molar-refractivity contribution in [3.05, 3.63) is 81.8 Å². The molecule has 0 fully saturated rings. The number of carbonyl (C=O) groups excluding carboxylic acids is 4. The normalized spacial score (nSPS) is 16.8. The fourth-order valence-electron chi connectivity index (χ4n) is 5.03. The van der Waals surface area contributed by atoms with Gasteiger partial charge in [0, 0.05) is 6.42 Å². The number of amides is 1. The minimum Gasteiger partial charge on any atom is -0.460 e. The molecule has 0 radical (unpaired) electrons. The number of carbonyl (C=O) groups is 4. The molecule has 0 aromatic heterocycles. The first-order valence-electron chi connectivity index (χ1n) is 14.7. The molecule has 2 atom stereocenters. The Hall–Kier alpha value is -3.95. The van der Waals surface area contributed by atoms with Crippen LogP contribution in [0.5, 0.6) is 0 Å². The van der Waals surface area contributed by atoms with Crippen molar-refractivity contribution in [2.24, 2.45) is 5.16 Å². The Morgan fingerprint density at radius 1 is 0.978 bits per heavy atom. The van der Waals surface area contributed by atoms with Gasteiger partial charge in [0.2, 0.25) is 5.60 Å². The summed E-state index contributed by atoms with van der Waals surface area (Å²) in [6.07, 6.45) is 1.26. The molecule has 0 aliphatic carbocycles. The third-order valence-corrected chi connectivity index (χ3v) is 8.01. The van der Waals surface area contributed by atoms with E-state index in [1.165, 1.54) is 12.1 Å². The summed E-state index contributed by atoms with van der Waals surface area (Å²) in [5, 5.41) is 9.28. The molecule has 3 aromatic carbocycles. The molecule has 2 unspecified atom stereocenters. The number of ketones is 1. The SMILES string of the molecule is CCC1(C(=O)NC(CC(=O)OC(C)(C)C)C(=O)COC(=O)c2c(Cl)cccc2Cl)CC(CCc2cccc3ccccc23)=NO1. The zero-order chi connectivity index (χ0) is 32.8. The Balaban J connectivity index is 1.44. The number of nitrogens with zero attached hydrogens (tertiary/aromatic N) is 1. The first-order valence-corrected chi connectivity index (χ1v) is 15.4. The second-order valence-corrected chi connectivity index (χ2v) is 12.7. The van der Waals surface area contributed by atoms with Crippen LogP contribution in [0, 0.1) is 0 Å². The van der Waals surface area contributed by atoms with Gasteiger partial charge in [-0.3, -0.25) is 14.4 Å². The largest absolute Gasteiger partial charge is 0.460 e. The maximum atomic E-state index is 13.7. The average molecular weight is 656 g/mol. The van der Waals surface area contributed by atoms with E-state index in [4.69, 9.17) is 37.5 Å². The molecule has 1 N–H and O–H groups in total. The predicted molar refractivity (Wildman–Crippen MR) is 173 cm³/mol.